The maximum atomic E-state index is 12.4. The van der Waals surface area contributed by atoms with Crippen molar-refractivity contribution in [1.82, 2.24) is 4.90 Å². The van der Waals surface area contributed by atoms with E-state index in [0.29, 0.717) is 13.0 Å². The van der Waals surface area contributed by atoms with Crippen molar-refractivity contribution in [3.63, 3.8) is 0 Å². The average Bonchev–Trinajstić information content (AvgIpc) is 2.70. The molecule has 2 aromatic carbocycles. The Balaban J connectivity index is 1.47. The summed E-state index contributed by atoms with van der Waals surface area (Å²) in [4.78, 5) is 17.1. The van der Waals surface area contributed by atoms with Crippen molar-refractivity contribution in [3.8, 4) is 5.75 Å². The SMILES string of the molecule is Cc1cc(N2CCN(C)CC2)ccc1NC(=O)CCOc1ccc(C(C)(C)C)cc1. The number of hydrogen-bond acceptors (Lipinski definition) is 4. The summed E-state index contributed by atoms with van der Waals surface area (Å²) in [5.41, 5.74) is 4.56. The number of nitrogens with one attached hydrogen (secondary N) is 1. The Morgan fingerprint density at radius 2 is 1.70 bits per heavy atom. The van der Waals surface area contributed by atoms with E-state index in [1.54, 1.807) is 0 Å². The Bertz CT molecular complexity index is 848. The summed E-state index contributed by atoms with van der Waals surface area (Å²) in [5, 5.41) is 3.02. The summed E-state index contributed by atoms with van der Waals surface area (Å²) in [7, 11) is 2.16. The van der Waals surface area contributed by atoms with Crippen LogP contribution < -0.4 is 15.0 Å². The van der Waals surface area contributed by atoms with Gasteiger partial charge in [-0.05, 0) is 60.8 Å². The van der Waals surface area contributed by atoms with E-state index in [9.17, 15) is 4.79 Å². The van der Waals surface area contributed by atoms with Crippen LogP contribution in [-0.2, 0) is 10.2 Å². The molecule has 0 spiro atoms. The minimum absolute atomic E-state index is 0.0308. The molecule has 5 nitrogen and oxygen atoms in total. The minimum Gasteiger partial charge on any atom is -0.493 e. The molecule has 1 aliphatic rings. The fraction of sp³-hybridized carbons (Fsp3) is 0.480. The molecule has 3 rings (SSSR count). The van der Waals surface area contributed by atoms with Gasteiger partial charge in [-0.1, -0.05) is 32.9 Å². The Morgan fingerprint density at radius 1 is 1.03 bits per heavy atom. The number of amides is 1. The molecule has 1 fully saturated rings. The summed E-state index contributed by atoms with van der Waals surface area (Å²) in [6.45, 7) is 13.2. The smallest absolute Gasteiger partial charge is 0.227 e. The van der Waals surface area contributed by atoms with Gasteiger partial charge < -0.3 is 19.9 Å². The van der Waals surface area contributed by atoms with E-state index in [2.05, 4.69) is 67.2 Å². The number of likely N-dealkylation sites (N-methyl/N-ethyl adjacent to an activating group) is 1. The number of rotatable bonds is 6. The molecule has 1 N–H and O–H groups in total. The predicted octanol–water partition coefficient (Wildman–Crippen LogP) is 4.45. The van der Waals surface area contributed by atoms with Crippen molar-refractivity contribution in [1.29, 1.82) is 0 Å². The van der Waals surface area contributed by atoms with Gasteiger partial charge >= 0.3 is 0 Å². The molecule has 1 amide bonds. The lowest BCUT2D eigenvalue weighted by Crippen LogP contribution is -2.44. The molecule has 2 aromatic rings. The summed E-state index contributed by atoms with van der Waals surface area (Å²) in [6.07, 6.45) is 0.320. The first-order chi connectivity index (χ1) is 14.2. The molecule has 0 aromatic heterocycles. The fourth-order valence-electron chi connectivity index (χ4n) is 3.57. The van der Waals surface area contributed by atoms with Gasteiger partial charge in [0.05, 0.1) is 13.0 Å². The van der Waals surface area contributed by atoms with Gasteiger partial charge in [0.25, 0.3) is 0 Å². The van der Waals surface area contributed by atoms with Gasteiger partial charge in [-0.25, -0.2) is 0 Å². The second-order valence-corrected chi connectivity index (χ2v) is 9.21. The number of carbonyl (C=O) groups is 1. The van der Waals surface area contributed by atoms with Gasteiger partial charge in [0, 0.05) is 37.6 Å². The quantitative estimate of drug-likeness (QED) is 0.765. The maximum Gasteiger partial charge on any atom is 0.227 e. The van der Waals surface area contributed by atoms with Crippen LogP contribution in [0.25, 0.3) is 0 Å². The molecule has 0 unspecified atom stereocenters. The maximum absolute atomic E-state index is 12.4. The second kappa shape index (κ2) is 9.52. The van der Waals surface area contributed by atoms with Crippen LogP contribution in [0.4, 0.5) is 11.4 Å². The zero-order valence-corrected chi connectivity index (χ0v) is 19.0. The highest BCUT2D eigenvalue weighted by molar-refractivity contribution is 5.91. The molecule has 1 saturated heterocycles. The van der Waals surface area contributed by atoms with E-state index in [0.717, 1.165) is 43.2 Å². The number of anilines is 2. The monoisotopic (exact) mass is 409 g/mol. The minimum atomic E-state index is -0.0308. The zero-order chi connectivity index (χ0) is 21.7. The third kappa shape index (κ3) is 5.99. The number of piperazine rings is 1. The lowest BCUT2D eigenvalue weighted by atomic mass is 9.87. The van der Waals surface area contributed by atoms with Crippen molar-refractivity contribution in [2.24, 2.45) is 0 Å². The van der Waals surface area contributed by atoms with Gasteiger partial charge in [-0.2, -0.15) is 0 Å². The lowest BCUT2D eigenvalue weighted by Gasteiger charge is -2.34. The topological polar surface area (TPSA) is 44.8 Å². The van der Waals surface area contributed by atoms with Crippen LogP contribution >= 0.6 is 0 Å². The zero-order valence-electron chi connectivity index (χ0n) is 19.0. The van der Waals surface area contributed by atoms with E-state index in [1.807, 2.05) is 25.1 Å². The molecule has 162 valence electrons. The van der Waals surface area contributed by atoms with Crippen LogP contribution in [0, 0.1) is 6.92 Å². The number of nitrogens with zero attached hydrogens (tertiary/aromatic N) is 2. The van der Waals surface area contributed by atoms with Crippen LogP contribution in [0.15, 0.2) is 42.5 Å². The number of hydrogen-bond donors (Lipinski definition) is 1. The normalized spacial score (nSPS) is 15.2. The molecule has 30 heavy (non-hydrogen) atoms. The molecule has 0 bridgehead atoms. The standard InChI is InChI=1S/C25H35N3O2/c1-19-18-21(28-15-13-27(5)14-16-28)8-11-23(19)26-24(29)12-17-30-22-9-6-20(7-10-22)25(2,3)4/h6-11,18H,12-17H2,1-5H3,(H,26,29). The van der Waals surface area contributed by atoms with Crippen LogP contribution in [0.5, 0.6) is 5.75 Å². The molecule has 0 aliphatic carbocycles. The Kier molecular flexibility index (Phi) is 7.03. The first-order valence-electron chi connectivity index (χ1n) is 10.8. The second-order valence-electron chi connectivity index (χ2n) is 9.21. The van der Waals surface area contributed by atoms with Crippen molar-refractivity contribution in [3.05, 3.63) is 53.6 Å². The lowest BCUT2D eigenvalue weighted by molar-refractivity contribution is -0.116. The van der Waals surface area contributed by atoms with Crippen LogP contribution in [0.3, 0.4) is 0 Å². The number of aryl methyl sites for hydroxylation is 1. The Hall–Kier alpha value is -2.53. The first kappa shape index (κ1) is 22.2. The number of carbonyl (C=O) groups excluding carboxylic acids is 1. The van der Waals surface area contributed by atoms with Crippen molar-refractivity contribution in [2.75, 3.05) is 50.1 Å². The van der Waals surface area contributed by atoms with Crippen LogP contribution in [-0.4, -0.2) is 50.6 Å². The van der Waals surface area contributed by atoms with Gasteiger partial charge in [-0.3, -0.25) is 4.79 Å². The van der Waals surface area contributed by atoms with Gasteiger partial charge in [0.2, 0.25) is 5.91 Å². The van der Waals surface area contributed by atoms with E-state index in [-0.39, 0.29) is 11.3 Å². The molecule has 0 atom stereocenters. The van der Waals surface area contributed by atoms with E-state index >= 15 is 0 Å². The molecule has 5 heteroatoms. The average molecular weight is 410 g/mol. The van der Waals surface area contributed by atoms with E-state index in [4.69, 9.17) is 4.74 Å². The predicted molar refractivity (Wildman–Crippen MR) is 125 cm³/mol. The van der Waals surface area contributed by atoms with Crippen molar-refractivity contribution in [2.45, 2.75) is 39.5 Å². The van der Waals surface area contributed by atoms with E-state index in [1.165, 1.54) is 11.3 Å². The van der Waals surface area contributed by atoms with Gasteiger partial charge in [0.1, 0.15) is 5.75 Å². The number of benzene rings is 2. The van der Waals surface area contributed by atoms with Gasteiger partial charge in [0.15, 0.2) is 0 Å². The molecular formula is C25H35N3O2. The van der Waals surface area contributed by atoms with Gasteiger partial charge in [-0.15, -0.1) is 0 Å². The summed E-state index contributed by atoms with van der Waals surface area (Å²) < 4.78 is 5.75. The van der Waals surface area contributed by atoms with Crippen LogP contribution in [0.2, 0.25) is 0 Å². The van der Waals surface area contributed by atoms with E-state index < -0.39 is 0 Å². The highest BCUT2D eigenvalue weighted by Gasteiger charge is 2.16. The Labute approximate surface area is 181 Å². The largest absolute Gasteiger partial charge is 0.493 e. The van der Waals surface area contributed by atoms with Crippen molar-refractivity contribution < 1.29 is 9.53 Å². The highest BCUT2D eigenvalue weighted by Crippen LogP contribution is 2.25. The summed E-state index contributed by atoms with van der Waals surface area (Å²) in [5.74, 6) is 0.764. The summed E-state index contributed by atoms with van der Waals surface area (Å²) >= 11 is 0. The third-order valence-corrected chi connectivity index (χ3v) is 5.67. The molecule has 0 radical (unpaired) electrons. The molecular weight excluding hydrogens is 374 g/mol. The van der Waals surface area contributed by atoms with Crippen molar-refractivity contribution >= 4 is 17.3 Å². The highest BCUT2D eigenvalue weighted by atomic mass is 16.5. The molecule has 1 aliphatic heterocycles. The third-order valence-electron chi connectivity index (χ3n) is 5.67. The summed E-state index contributed by atoms with van der Waals surface area (Å²) in [6, 6.07) is 14.4. The molecule has 1 heterocycles. The van der Waals surface area contributed by atoms with Crippen LogP contribution in [0.1, 0.15) is 38.3 Å². The first-order valence-corrected chi connectivity index (χ1v) is 10.8. The number of ether oxygens (including phenoxy) is 1. The fourth-order valence-corrected chi connectivity index (χ4v) is 3.57. The molecule has 0 saturated carbocycles. The Morgan fingerprint density at radius 3 is 2.30 bits per heavy atom.